The van der Waals surface area contributed by atoms with Crippen molar-refractivity contribution in [2.45, 2.75) is 45.3 Å². The molecule has 2 N–H and O–H groups in total. The molecule has 0 aliphatic carbocycles. The van der Waals surface area contributed by atoms with Gasteiger partial charge in [0, 0.05) is 24.3 Å². The van der Waals surface area contributed by atoms with Crippen LogP contribution in [0.5, 0.6) is 11.8 Å². The van der Waals surface area contributed by atoms with Gasteiger partial charge in [-0.15, -0.1) is 4.73 Å². The summed E-state index contributed by atoms with van der Waals surface area (Å²) < 4.78 is 12.1. The fourth-order valence-corrected chi connectivity index (χ4v) is 2.48. The maximum Gasteiger partial charge on any atom is 0.335 e. The summed E-state index contributed by atoms with van der Waals surface area (Å²) in [6.45, 7) is 7.33. The maximum atomic E-state index is 11.8. The number of hydrogen-bond donors (Lipinski definition) is 2. The minimum atomic E-state index is -0.791. The summed E-state index contributed by atoms with van der Waals surface area (Å²) in [6.07, 6.45) is 2.32. The first-order chi connectivity index (χ1) is 13.4. The number of amides is 2. The predicted octanol–water partition coefficient (Wildman–Crippen LogP) is 0.760. The largest absolute Gasteiger partial charge is 0.492 e. The minimum absolute atomic E-state index is 0.0193. The van der Waals surface area contributed by atoms with Gasteiger partial charge in [-0.25, -0.2) is 4.79 Å². The molecule has 0 spiro atoms. The highest BCUT2D eigenvalue weighted by Crippen LogP contribution is 2.20. The highest BCUT2D eigenvalue weighted by atomic mass is 16.7. The molecule has 29 heavy (non-hydrogen) atoms. The minimum Gasteiger partial charge on any atom is -0.492 e. The third-order valence-corrected chi connectivity index (χ3v) is 4.04. The zero-order valence-corrected chi connectivity index (χ0v) is 16.9. The fourth-order valence-electron chi connectivity index (χ4n) is 2.48. The van der Waals surface area contributed by atoms with Gasteiger partial charge in [-0.3, -0.25) is 14.5 Å². The van der Waals surface area contributed by atoms with Crippen molar-refractivity contribution in [2.24, 2.45) is 0 Å². The number of aromatic hydroxyl groups is 2. The lowest BCUT2D eigenvalue weighted by molar-refractivity contribution is -0.153. The average Bonchev–Trinajstić information content (AvgIpc) is 3.10. The van der Waals surface area contributed by atoms with Crippen molar-refractivity contribution in [1.29, 1.82) is 0 Å². The second-order valence-corrected chi connectivity index (χ2v) is 7.81. The van der Waals surface area contributed by atoms with E-state index >= 15 is 0 Å². The molecule has 2 rings (SSSR count). The fraction of sp³-hybridized carbons (Fsp3) is 0.526. The van der Waals surface area contributed by atoms with Crippen LogP contribution in [0.1, 0.15) is 34.1 Å². The molecule has 0 radical (unpaired) electrons. The van der Waals surface area contributed by atoms with Gasteiger partial charge in [-0.05, 0) is 27.7 Å². The molecule has 0 bridgehead atoms. The van der Waals surface area contributed by atoms with E-state index in [9.17, 15) is 24.6 Å². The van der Waals surface area contributed by atoms with Gasteiger partial charge in [0.15, 0.2) is 0 Å². The van der Waals surface area contributed by atoms with Crippen LogP contribution in [0.25, 0.3) is 0 Å². The summed E-state index contributed by atoms with van der Waals surface area (Å²) >= 11 is 0. The molecule has 0 unspecified atom stereocenters. The van der Waals surface area contributed by atoms with Gasteiger partial charge >= 0.3 is 5.97 Å². The van der Waals surface area contributed by atoms with Crippen LogP contribution in [-0.4, -0.2) is 68.6 Å². The van der Waals surface area contributed by atoms with Crippen LogP contribution in [0.4, 0.5) is 0 Å². The zero-order chi connectivity index (χ0) is 21.8. The van der Waals surface area contributed by atoms with Gasteiger partial charge in [0.25, 0.3) is 11.8 Å². The summed E-state index contributed by atoms with van der Waals surface area (Å²) in [5.74, 6) is -2.26. The van der Waals surface area contributed by atoms with Crippen molar-refractivity contribution in [3.63, 3.8) is 0 Å². The van der Waals surface area contributed by atoms with Gasteiger partial charge in [-0.2, -0.15) is 0 Å². The van der Waals surface area contributed by atoms with E-state index in [-0.39, 0.29) is 38.0 Å². The molecule has 160 valence electrons. The lowest BCUT2D eigenvalue weighted by Crippen LogP contribution is -2.46. The van der Waals surface area contributed by atoms with Crippen molar-refractivity contribution in [3.05, 3.63) is 24.3 Å². The second-order valence-electron chi connectivity index (χ2n) is 7.81. The smallest absolute Gasteiger partial charge is 0.335 e. The van der Waals surface area contributed by atoms with Crippen molar-refractivity contribution < 1.29 is 38.9 Å². The molecule has 1 aromatic heterocycles. The van der Waals surface area contributed by atoms with Crippen LogP contribution in [0, 0.1) is 0 Å². The van der Waals surface area contributed by atoms with E-state index in [1.54, 1.807) is 27.7 Å². The number of hydrogen-bond acceptors (Lipinski definition) is 8. The average molecular weight is 410 g/mol. The second kappa shape index (κ2) is 8.66. The highest BCUT2D eigenvalue weighted by Gasteiger charge is 2.33. The first kappa shape index (κ1) is 22.4. The first-order valence-corrected chi connectivity index (χ1v) is 9.02. The normalized spacial score (nSPS) is 14.7. The third kappa shape index (κ3) is 6.33. The number of carbonyl (C=O) groups excluding carboxylic acids is 3. The Kier molecular flexibility index (Phi) is 6.70. The highest BCUT2D eigenvalue weighted by molar-refractivity contribution is 6.12. The summed E-state index contributed by atoms with van der Waals surface area (Å²) in [5.41, 5.74) is -1.55. The standard InChI is InChI=1S/C19H26N2O8/c1-18(2,11-20-13(22)5-6-14(20)23)28-12-19(3,4)27-10-9-17(26)29-21-15(24)7-8-16(21)25/h5-8,24-25H,9-12H2,1-4H3. The van der Waals surface area contributed by atoms with E-state index in [0.717, 1.165) is 4.90 Å². The quantitative estimate of drug-likeness (QED) is 0.541. The van der Waals surface area contributed by atoms with E-state index in [4.69, 9.17) is 14.3 Å². The number of ether oxygens (including phenoxy) is 2. The lowest BCUT2D eigenvalue weighted by atomic mass is 10.1. The topological polar surface area (TPSA) is 128 Å². The lowest BCUT2D eigenvalue weighted by Gasteiger charge is -2.34. The van der Waals surface area contributed by atoms with E-state index < -0.39 is 28.9 Å². The molecule has 0 aromatic carbocycles. The Morgan fingerprint density at radius 1 is 0.966 bits per heavy atom. The van der Waals surface area contributed by atoms with E-state index in [2.05, 4.69) is 0 Å². The monoisotopic (exact) mass is 410 g/mol. The van der Waals surface area contributed by atoms with Crippen LogP contribution in [0.15, 0.2) is 24.3 Å². The molecule has 2 amide bonds. The SMILES string of the molecule is CC(C)(COC(C)(C)CN1C(=O)C=CC1=O)OCCC(=O)On1c(O)ccc1O. The van der Waals surface area contributed by atoms with Crippen LogP contribution >= 0.6 is 0 Å². The Morgan fingerprint density at radius 2 is 1.52 bits per heavy atom. The van der Waals surface area contributed by atoms with Gasteiger partial charge in [0.05, 0.1) is 37.4 Å². The molecule has 2 heterocycles. The predicted molar refractivity (Wildman–Crippen MR) is 99.9 cm³/mol. The van der Waals surface area contributed by atoms with Crippen LogP contribution in [0.2, 0.25) is 0 Å². The molecular formula is C19H26N2O8. The molecule has 10 heteroatoms. The van der Waals surface area contributed by atoms with Crippen molar-refractivity contribution in [1.82, 2.24) is 9.63 Å². The molecule has 0 atom stereocenters. The molecule has 1 aliphatic heterocycles. The van der Waals surface area contributed by atoms with Crippen molar-refractivity contribution >= 4 is 17.8 Å². The van der Waals surface area contributed by atoms with Crippen molar-refractivity contribution in [3.8, 4) is 11.8 Å². The number of imide groups is 1. The number of aromatic nitrogens is 1. The molecule has 1 aliphatic rings. The van der Waals surface area contributed by atoms with Crippen LogP contribution < -0.4 is 4.84 Å². The molecular weight excluding hydrogens is 384 g/mol. The summed E-state index contributed by atoms with van der Waals surface area (Å²) in [7, 11) is 0. The zero-order valence-electron chi connectivity index (χ0n) is 16.9. The van der Waals surface area contributed by atoms with Gasteiger partial charge in [0.1, 0.15) is 0 Å². The van der Waals surface area contributed by atoms with E-state index in [0.29, 0.717) is 4.73 Å². The Balaban J connectivity index is 1.75. The summed E-state index contributed by atoms with van der Waals surface area (Å²) in [6, 6.07) is 2.36. The molecule has 1 aromatic rings. The Bertz CT molecular complexity index is 772. The van der Waals surface area contributed by atoms with Gasteiger partial charge in [-0.1, -0.05) is 0 Å². The van der Waals surface area contributed by atoms with Crippen LogP contribution in [-0.2, 0) is 23.9 Å². The summed E-state index contributed by atoms with van der Waals surface area (Å²) in [4.78, 5) is 41.1. The van der Waals surface area contributed by atoms with Crippen LogP contribution in [0.3, 0.4) is 0 Å². The Labute approximate surface area is 168 Å². The molecule has 0 saturated heterocycles. The number of rotatable bonds is 10. The Hall–Kier alpha value is -2.85. The molecule has 10 nitrogen and oxygen atoms in total. The number of nitrogens with zero attached hydrogens (tertiary/aromatic N) is 2. The van der Waals surface area contributed by atoms with Crippen molar-refractivity contribution in [2.75, 3.05) is 19.8 Å². The summed E-state index contributed by atoms with van der Waals surface area (Å²) in [5, 5.41) is 18.9. The van der Waals surface area contributed by atoms with E-state index in [1.165, 1.54) is 24.3 Å². The molecule has 0 fully saturated rings. The van der Waals surface area contributed by atoms with Gasteiger partial charge < -0.3 is 24.5 Å². The Morgan fingerprint density at radius 3 is 2.07 bits per heavy atom. The number of carbonyl (C=O) groups is 3. The maximum absolute atomic E-state index is 11.8. The van der Waals surface area contributed by atoms with E-state index in [1.807, 2.05) is 0 Å². The third-order valence-electron chi connectivity index (χ3n) is 4.04. The first-order valence-electron chi connectivity index (χ1n) is 9.02. The molecule has 0 saturated carbocycles. The van der Waals surface area contributed by atoms with Gasteiger partial charge in [0.2, 0.25) is 11.8 Å².